The summed E-state index contributed by atoms with van der Waals surface area (Å²) in [6.45, 7) is 8.02. The average molecular weight is 383 g/mol. The Morgan fingerprint density at radius 2 is 1.89 bits per heavy atom. The second-order valence-electron chi connectivity index (χ2n) is 7.86. The molecule has 1 amide bonds. The van der Waals surface area contributed by atoms with Gasteiger partial charge in [-0.1, -0.05) is 24.6 Å². The fraction of sp³-hybridized carbons (Fsp3) is 0.435. The Balaban J connectivity index is 1.79. The predicted octanol–water partition coefficient (Wildman–Crippen LogP) is 4.58. The highest BCUT2D eigenvalue weighted by Crippen LogP contribution is 2.41. The zero-order valence-electron chi connectivity index (χ0n) is 17.2. The molecule has 28 heavy (non-hydrogen) atoms. The van der Waals surface area contributed by atoms with Gasteiger partial charge >= 0.3 is 0 Å². The number of nitrogens with one attached hydrogen (secondary N) is 1. The zero-order valence-corrected chi connectivity index (χ0v) is 17.2. The number of carbonyl (C=O) groups excluding carboxylic acids is 1. The zero-order chi connectivity index (χ0) is 20.3. The van der Waals surface area contributed by atoms with Crippen molar-refractivity contribution in [3.8, 4) is 17.2 Å². The topological polar surface area (TPSA) is 56.8 Å². The van der Waals surface area contributed by atoms with Crippen molar-refractivity contribution in [1.82, 2.24) is 5.32 Å². The van der Waals surface area contributed by atoms with E-state index in [1.165, 1.54) is 0 Å². The summed E-state index contributed by atoms with van der Waals surface area (Å²) in [6, 6.07) is 13.3. The molecule has 0 fully saturated rings. The van der Waals surface area contributed by atoms with Crippen LogP contribution >= 0.6 is 0 Å². The van der Waals surface area contributed by atoms with Crippen LogP contribution in [0.25, 0.3) is 0 Å². The standard InChI is InChI=1S/C23H29NO4/c1-6-20(27-16-9-7-15(2)8-10-16)22(25)24-19-14-23(3,4)28-21-12-11-17(26-5)13-18(19)21/h7-13,19-20H,6,14H2,1-5H3,(H,24,25)/t19-,20+/m1/s1. The van der Waals surface area contributed by atoms with Crippen LogP contribution in [-0.2, 0) is 4.79 Å². The molecule has 1 heterocycles. The minimum atomic E-state index is -0.553. The third-order valence-corrected chi connectivity index (χ3v) is 4.95. The average Bonchev–Trinajstić information content (AvgIpc) is 2.66. The van der Waals surface area contributed by atoms with E-state index in [9.17, 15) is 4.79 Å². The number of aryl methyl sites for hydroxylation is 1. The van der Waals surface area contributed by atoms with Crippen LogP contribution in [0.2, 0.25) is 0 Å². The summed E-state index contributed by atoms with van der Waals surface area (Å²) >= 11 is 0. The van der Waals surface area contributed by atoms with Crippen LogP contribution in [0.5, 0.6) is 17.2 Å². The molecule has 0 spiro atoms. The van der Waals surface area contributed by atoms with Gasteiger partial charge < -0.3 is 19.5 Å². The number of methoxy groups -OCH3 is 1. The first kappa shape index (κ1) is 20.1. The molecule has 0 saturated carbocycles. The number of hydrogen-bond acceptors (Lipinski definition) is 4. The molecule has 0 aromatic heterocycles. The van der Waals surface area contributed by atoms with Crippen molar-refractivity contribution < 1.29 is 19.0 Å². The molecule has 2 aromatic rings. The Bertz CT molecular complexity index is 829. The number of rotatable bonds is 6. The van der Waals surface area contributed by atoms with E-state index in [0.717, 1.165) is 22.6 Å². The predicted molar refractivity (Wildman–Crippen MR) is 109 cm³/mol. The van der Waals surface area contributed by atoms with Crippen LogP contribution < -0.4 is 19.5 Å². The molecule has 0 aliphatic carbocycles. The molecule has 2 aromatic carbocycles. The smallest absolute Gasteiger partial charge is 0.261 e. The highest BCUT2D eigenvalue weighted by Gasteiger charge is 2.36. The molecule has 0 unspecified atom stereocenters. The molecule has 5 nitrogen and oxygen atoms in total. The van der Waals surface area contributed by atoms with E-state index in [0.29, 0.717) is 18.6 Å². The number of hydrogen-bond donors (Lipinski definition) is 1. The van der Waals surface area contributed by atoms with Crippen LogP contribution in [0.3, 0.4) is 0 Å². The molecular formula is C23H29NO4. The Morgan fingerprint density at radius 1 is 1.21 bits per heavy atom. The molecule has 1 aliphatic rings. The lowest BCUT2D eigenvalue weighted by atomic mass is 9.89. The molecule has 3 rings (SSSR count). The lowest BCUT2D eigenvalue weighted by Crippen LogP contribution is -2.45. The fourth-order valence-corrected chi connectivity index (χ4v) is 3.46. The lowest BCUT2D eigenvalue weighted by molar-refractivity contribution is -0.129. The Hall–Kier alpha value is -2.69. The number of ether oxygens (including phenoxy) is 3. The van der Waals surface area contributed by atoms with Crippen LogP contribution in [0.15, 0.2) is 42.5 Å². The van der Waals surface area contributed by atoms with E-state index in [2.05, 4.69) is 5.32 Å². The van der Waals surface area contributed by atoms with Crippen molar-refractivity contribution in [2.75, 3.05) is 7.11 Å². The summed E-state index contributed by atoms with van der Waals surface area (Å²) in [5.74, 6) is 2.08. The van der Waals surface area contributed by atoms with Crippen LogP contribution in [0.4, 0.5) is 0 Å². The van der Waals surface area contributed by atoms with Gasteiger partial charge in [0.25, 0.3) is 5.91 Å². The van der Waals surface area contributed by atoms with Gasteiger partial charge in [0, 0.05) is 12.0 Å². The van der Waals surface area contributed by atoms with Gasteiger partial charge in [0.2, 0.25) is 0 Å². The number of benzene rings is 2. The van der Waals surface area contributed by atoms with Crippen molar-refractivity contribution >= 4 is 5.91 Å². The molecule has 1 N–H and O–H groups in total. The maximum absolute atomic E-state index is 13.0. The van der Waals surface area contributed by atoms with Gasteiger partial charge in [0.05, 0.1) is 13.2 Å². The van der Waals surface area contributed by atoms with Crippen molar-refractivity contribution in [2.45, 2.75) is 58.3 Å². The molecule has 150 valence electrons. The maximum Gasteiger partial charge on any atom is 0.261 e. The largest absolute Gasteiger partial charge is 0.497 e. The van der Waals surface area contributed by atoms with E-state index >= 15 is 0 Å². The second kappa shape index (κ2) is 8.13. The van der Waals surface area contributed by atoms with Crippen molar-refractivity contribution in [1.29, 1.82) is 0 Å². The summed E-state index contributed by atoms with van der Waals surface area (Å²) in [4.78, 5) is 13.0. The number of carbonyl (C=O) groups is 1. The van der Waals surface area contributed by atoms with Gasteiger partial charge in [-0.2, -0.15) is 0 Å². The van der Waals surface area contributed by atoms with E-state index in [1.807, 2.05) is 70.2 Å². The molecule has 0 saturated heterocycles. The van der Waals surface area contributed by atoms with Gasteiger partial charge in [-0.3, -0.25) is 4.79 Å². The third-order valence-electron chi connectivity index (χ3n) is 4.95. The Labute approximate surface area is 167 Å². The lowest BCUT2D eigenvalue weighted by Gasteiger charge is -2.38. The van der Waals surface area contributed by atoms with E-state index < -0.39 is 6.10 Å². The first-order valence-electron chi connectivity index (χ1n) is 9.72. The van der Waals surface area contributed by atoms with Gasteiger partial charge in [-0.05, 0) is 57.5 Å². The first-order chi connectivity index (χ1) is 13.3. The van der Waals surface area contributed by atoms with Gasteiger partial charge in [0.15, 0.2) is 6.10 Å². The van der Waals surface area contributed by atoms with Gasteiger partial charge in [-0.15, -0.1) is 0 Å². The fourth-order valence-electron chi connectivity index (χ4n) is 3.46. The molecule has 2 atom stereocenters. The normalized spacial score (nSPS) is 18.4. The van der Waals surface area contributed by atoms with Crippen LogP contribution in [-0.4, -0.2) is 24.7 Å². The maximum atomic E-state index is 13.0. The number of fused-ring (bicyclic) bond motifs is 1. The van der Waals surface area contributed by atoms with E-state index in [-0.39, 0.29) is 17.6 Å². The number of amides is 1. The minimum Gasteiger partial charge on any atom is -0.497 e. The quantitative estimate of drug-likeness (QED) is 0.793. The molecule has 5 heteroatoms. The molecule has 0 bridgehead atoms. The molecule has 1 aliphatic heterocycles. The van der Waals surface area contributed by atoms with Crippen molar-refractivity contribution in [2.24, 2.45) is 0 Å². The highest BCUT2D eigenvalue weighted by molar-refractivity contribution is 5.81. The highest BCUT2D eigenvalue weighted by atomic mass is 16.5. The summed E-state index contributed by atoms with van der Waals surface area (Å²) < 4.78 is 17.4. The van der Waals surface area contributed by atoms with E-state index in [4.69, 9.17) is 14.2 Å². The monoisotopic (exact) mass is 383 g/mol. The first-order valence-corrected chi connectivity index (χ1v) is 9.72. The molecule has 0 radical (unpaired) electrons. The van der Waals surface area contributed by atoms with Crippen LogP contribution in [0, 0.1) is 6.92 Å². The molecular weight excluding hydrogens is 354 g/mol. The summed E-state index contributed by atoms with van der Waals surface area (Å²) in [7, 11) is 1.63. The summed E-state index contributed by atoms with van der Waals surface area (Å²) in [6.07, 6.45) is 0.694. The second-order valence-corrected chi connectivity index (χ2v) is 7.86. The van der Waals surface area contributed by atoms with Gasteiger partial charge in [0.1, 0.15) is 22.8 Å². The Kier molecular flexibility index (Phi) is 5.82. The van der Waals surface area contributed by atoms with Gasteiger partial charge in [-0.25, -0.2) is 0 Å². The minimum absolute atomic E-state index is 0.125. The summed E-state index contributed by atoms with van der Waals surface area (Å²) in [5, 5.41) is 3.17. The van der Waals surface area contributed by atoms with Crippen LogP contribution in [0.1, 0.15) is 50.8 Å². The van der Waals surface area contributed by atoms with Crippen molar-refractivity contribution in [3.63, 3.8) is 0 Å². The third kappa shape index (κ3) is 4.58. The van der Waals surface area contributed by atoms with E-state index in [1.54, 1.807) is 7.11 Å². The SMILES string of the molecule is CC[C@H](Oc1ccc(C)cc1)C(=O)N[C@@H]1CC(C)(C)Oc2ccc(OC)cc21. The van der Waals surface area contributed by atoms with Crippen molar-refractivity contribution in [3.05, 3.63) is 53.6 Å². The summed E-state index contributed by atoms with van der Waals surface area (Å²) in [5.41, 5.74) is 1.70. The Morgan fingerprint density at radius 3 is 2.54 bits per heavy atom.